The van der Waals surface area contributed by atoms with Gasteiger partial charge in [-0.25, -0.2) is 23.5 Å². The van der Waals surface area contributed by atoms with E-state index in [-0.39, 0.29) is 31.0 Å². The predicted octanol–water partition coefficient (Wildman–Crippen LogP) is 4.60. The molecule has 0 saturated carbocycles. The van der Waals surface area contributed by atoms with Gasteiger partial charge in [-0.05, 0) is 32.9 Å². The molecule has 12 heteroatoms. The molecule has 0 aliphatic heterocycles. The van der Waals surface area contributed by atoms with Crippen molar-refractivity contribution in [1.82, 2.24) is 30.2 Å². The summed E-state index contributed by atoms with van der Waals surface area (Å²) in [4.78, 5) is 42.6. The number of ether oxygens (including phenoxy) is 1. The quantitative estimate of drug-likeness (QED) is 0.346. The van der Waals surface area contributed by atoms with E-state index in [9.17, 15) is 18.4 Å². The van der Waals surface area contributed by atoms with Crippen molar-refractivity contribution in [3.05, 3.63) is 75.8 Å². The minimum Gasteiger partial charge on any atom is -0.444 e. The van der Waals surface area contributed by atoms with Crippen LogP contribution in [-0.4, -0.2) is 49.0 Å². The van der Waals surface area contributed by atoms with E-state index in [1.807, 2.05) is 24.3 Å². The number of carbonyl (C=O) groups excluding carboxylic acids is 2. The summed E-state index contributed by atoms with van der Waals surface area (Å²) in [7, 11) is 0. The number of aromatic nitrogens is 4. The van der Waals surface area contributed by atoms with E-state index in [2.05, 4.69) is 25.3 Å². The molecule has 2 N–H and O–H groups in total. The number of benzene rings is 1. The lowest BCUT2D eigenvalue weighted by Crippen LogP contribution is -2.38. The largest absolute Gasteiger partial charge is 0.444 e. The van der Waals surface area contributed by atoms with Crippen LogP contribution in [0.15, 0.2) is 41.9 Å². The number of imidazole rings is 1. The Balaban J connectivity index is 1.40. The number of amides is 2. The molecule has 3 aromatic heterocycles. The Morgan fingerprint density at radius 3 is 2.70 bits per heavy atom. The molecule has 4 aromatic rings. The molecule has 0 aliphatic carbocycles. The van der Waals surface area contributed by atoms with Gasteiger partial charge < -0.3 is 19.9 Å². The van der Waals surface area contributed by atoms with Crippen molar-refractivity contribution < 1.29 is 23.1 Å². The van der Waals surface area contributed by atoms with Gasteiger partial charge in [0, 0.05) is 24.4 Å². The van der Waals surface area contributed by atoms with E-state index in [4.69, 9.17) is 4.74 Å². The number of pyridine rings is 1. The SMILES string of the molecule is CC(C)(C)OC(=O)N(CCc1nc(C(=O)NCc2ncc(F)cc2F)cs1)Cc1nc2ccccc2[nH]1. The molecule has 4 rings (SSSR count). The highest BCUT2D eigenvalue weighted by molar-refractivity contribution is 7.09. The van der Waals surface area contributed by atoms with Gasteiger partial charge in [-0.3, -0.25) is 9.78 Å². The fourth-order valence-electron chi connectivity index (χ4n) is 3.41. The van der Waals surface area contributed by atoms with Crippen LogP contribution in [0.2, 0.25) is 0 Å². The smallest absolute Gasteiger partial charge is 0.410 e. The first kappa shape index (κ1) is 26.1. The second-order valence-corrected chi connectivity index (χ2v) is 10.2. The van der Waals surface area contributed by atoms with Gasteiger partial charge in [0.25, 0.3) is 5.91 Å². The van der Waals surface area contributed by atoms with E-state index in [1.165, 1.54) is 16.2 Å². The third-order valence-corrected chi connectivity index (χ3v) is 6.02. The maximum atomic E-state index is 13.8. The first-order valence-electron chi connectivity index (χ1n) is 11.5. The number of thiazole rings is 1. The molecule has 0 bridgehead atoms. The predicted molar refractivity (Wildman–Crippen MR) is 134 cm³/mol. The van der Waals surface area contributed by atoms with Gasteiger partial charge in [0.2, 0.25) is 0 Å². The third-order valence-electron chi connectivity index (χ3n) is 5.11. The zero-order valence-corrected chi connectivity index (χ0v) is 21.4. The number of carbonyl (C=O) groups is 2. The van der Waals surface area contributed by atoms with E-state index >= 15 is 0 Å². The van der Waals surface area contributed by atoms with Crippen LogP contribution in [0.1, 0.15) is 47.8 Å². The van der Waals surface area contributed by atoms with Crippen LogP contribution >= 0.6 is 11.3 Å². The number of hydrogen-bond donors (Lipinski definition) is 2. The molecule has 1 aromatic carbocycles. The summed E-state index contributed by atoms with van der Waals surface area (Å²) < 4.78 is 32.3. The van der Waals surface area contributed by atoms with E-state index < -0.39 is 29.2 Å². The maximum Gasteiger partial charge on any atom is 0.410 e. The van der Waals surface area contributed by atoms with Crippen LogP contribution in [-0.2, 0) is 24.2 Å². The fourth-order valence-corrected chi connectivity index (χ4v) is 4.18. The number of hydrogen-bond acceptors (Lipinski definition) is 7. The van der Waals surface area contributed by atoms with Crippen molar-refractivity contribution in [2.45, 2.75) is 45.9 Å². The molecule has 0 atom stereocenters. The van der Waals surface area contributed by atoms with Gasteiger partial charge >= 0.3 is 6.09 Å². The average molecular weight is 529 g/mol. The zero-order chi connectivity index (χ0) is 26.6. The van der Waals surface area contributed by atoms with Crippen molar-refractivity contribution in [1.29, 1.82) is 0 Å². The molecular formula is C25H26F2N6O3S. The van der Waals surface area contributed by atoms with Crippen molar-refractivity contribution in [3.63, 3.8) is 0 Å². The Morgan fingerprint density at radius 1 is 1.19 bits per heavy atom. The Kier molecular flexibility index (Phi) is 7.77. The summed E-state index contributed by atoms with van der Waals surface area (Å²) in [6.07, 6.45) is 0.773. The molecule has 0 fully saturated rings. The highest BCUT2D eigenvalue weighted by Crippen LogP contribution is 2.17. The number of para-hydroxylation sites is 2. The molecule has 3 heterocycles. The minimum atomic E-state index is -0.842. The Morgan fingerprint density at radius 2 is 1.97 bits per heavy atom. The number of nitrogens with one attached hydrogen (secondary N) is 2. The van der Waals surface area contributed by atoms with Crippen LogP contribution in [0.4, 0.5) is 13.6 Å². The van der Waals surface area contributed by atoms with Gasteiger partial charge in [0.15, 0.2) is 0 Å². The van der Waals surface area contributed by atoms with Gasteiger partial charge in [0.05, 0.1) is 41.0 Å². The molecule has 0 saturated heterocycles. The van der Waals surface area contributed by atoms with E-state index in [0.29, 0.717) is 23.3 Å². The first-order chi connectivity index (χ1) is 17.6. The van der Waals surface area contributed by atoms with Crippen molar-refractivity contribution in [2.75, 3.05) is 6.54 Å². The van der Waals surface area contributed by atoms with Crippen LogP contribution in [0, 0.1) is 11.6 Å². The lowest BCUT2D eigenvalue weighted by molar-refractivity contribution is 0.0231. The summed E-state index contributed by atoms with van der Waals surface area (Å²) in [5, 5.41) is 4.74. The van der Waals surface area contributed by atoms with E-state index in [1.54, 1.807) is 26.2 Å². The summed E-state index contributed by atoms with van der Waals surface area (Å²) >= 11 is 1.27. The summed E-state index contributed by atoms with van der Waals surface area (Å²) in [6, 6.07) is 8.29. The van der Waals surface area contributed by atoms with Crippen molar-refractivity contribution >= 4 is 34.4 Å². The van der Waals surface area contributed by atoms with Gasteiger partial charge in [-0.2, -0.15) is 0 Å². The molecule has 194 valence electrons. The number of aromatic amines is 1. The first-order valence-corrected chi connectivity index (χ1v) is 12.4. The van der Waals surface area contributed by atoms with Crippen LogP contribution < -0.4 is 5.32 Å². The molecular weight excluding hydrogens is 502 g/mol. The van der Waals surface area contributed by atoms with Crippen molar-refractivity contribution in [2.24, 2.45) is 0 Å². The normalized spacial score (nSPS) is 11.5. The number of nitrogens with zero attached hydrogens (tertiary/aromatic N) is 4. The van der Waals surface area contributed by atoms with Gasteiger partial charge in [-0.1, -0.05) is 12.1 Å². The molecule has 9 nitrogen and oxygen atoms in total. The Bertz CT molecular complexity index is 1380. The highest BCUT2D eigenvalue weighted by Gasteiger charge is 2.24. The Hall–Kier alpha value is -3.93. The van der Waals surface area contributed by atoms with E-state index in [0.717, 1.165) is 17.2 Å². The van der Waals surface area contributed by atoms with Crippen LogP contribution in [0.25, 0.3) is 11.0 Å². The number of rotatable bonds is 8. The number of H-pyrrole nitrogens is 1. The number of halogens is 2. The molecule has 2 amide bonds. The average Bonchev–Trinajstić information content (AvgIpc) is 3.46. The standard InChI is InChI=1S/C25H26F2N6O3S/c1-25(2,3)36-24(35)33(13-21-30-17-6-4-5-7-18(17)31-21)9-8-22-32-20(14-37-22)23(34)29-12-19-16(27)10-15(26)11-28-19/h4-7,10-11,14H,8-9,12-13H2,1-3H3,(H,29,34)(H,30,31). The monoisotopic (exact) mass is 528 g/mol. The lowest BCUT2D eigenvalue weighted by Gasteiger charge is -2.26. The second kappa shape index (κ2) is 11.0. The molecule has 0 aliphatic rings. The molecule has 0 spiro atoms. The highest BCUT2D eigenvalue weighted by atomic mass is 32.1. The van der Waals surface area contributed by atoms with Crippen LogP contribution in [0.5, 0.6) is 0 Å². The fraction of sp³-hybridized carbons (Fsp3) is 0.320. The molecule has 0 radical (unpaired) electrons. The Labute approximate surface area is 215 Å². The summed E-state index contributed by atoms with van der Waals surface area (Å²) in [5.41, 5.74) is 1.07. The van der Waals surface area contributed by atoms with Gasteiger partial charge in [-0.15, -0.1) is 11.3 Å². The van der Waals surface area contributed by atoms with Crippen LogP contribution in [0.3, 0.4) is 0 Å². The third kappa shape index (κ3) is 7.06. The second-order valence-electron chi connectivity index (χ2n) is 9.24. The number of fused-ring (bicyclic) bond motifs is 1. The lowest BCUT2D eigenvalue weighted by atomic mass is 10.2. The maximum absolute atomic E-state index is 13.8. The molecule has 0 unspecified atom stereocenters. The minimum absolute atomic E-state index is 0.0798. The van der Waals surface area contributed by atoms with Gasteiger partial charge in [0.1, 0.15) is 28.8 Å². The summed E-state index contributed by atoms with van der Waals surface area (Å²) in [6.45, 7) is 5.67. The summed E-state index contributed by atoms with van der Waals surface area (Å²) in [5.74, 6) is -1.53. The topological polar surface area (TPSA) is 113 Å². The zero-order valence-electron chi connectivity index (χ0n) is 20.5. The van der Waals surface area contributed by atoms with Crippen molar-refractivity contribution in [3.8, 4) is 0 Å². The molecule has 37 heavy (non-hydrogen) atoms.